The van der Waals surface area contributed by atoms with Gasteiger partial charge in [-0.15, -0.1) is 0 Å². The average Bonchev–Trinajstić information content (AvgIpc) is 3.73. The molecule has 2 N–H and O–H groups in total. The number of allylic oxidation sites excluding steroid dienone is 4. The van der Waals surface area contributed by atoms with Crippen LogP contribution in [0.3, 0.4) is 0 Å². The number of benzene rings is 6. The van der Waals surface area contributed by atoms with Gasteiger partial charge >= 0.3 is 6.98 Å². The van der Waals surface area contributed by atoms with E-state index in [4.69, 9.17) is 15.0 Å². The molecule has 4 heterocycles. The van der Waals surface area contributed by atoms with E-state index >= 15 is 0 Å². The van der Waals surface area contributed by atoms with Gasteiger partial charge in [0.1, 0.15) is 0 Å². The zero-order valence-electron chi connectivity index (χ0n) is 28.2. The van der Waals surface area contributed by atoms with Crippen LogP contribution >= 0.6 is 0 Å². The smallest absolute Gasteiger partial charge is 0.405 e. The Kier molecular flexibility index (Phi) is 6.96. The summed E-state index contributed by atoms with van der Waals surface area (Å²) >= 11 is 0. The predicted molar refractivity (Wildman–Crippen MR) is 215 cm³/mol. The first-order chi connectivity index (χ1) is 25.7. The van der Waals surface area contributed by atoms with Crippen LogP contribution in [-0.2, 0) is 0 Å². The maximum Gasteiger partial charge on any atom is 0.407 e. The highest BCUT2D eigenvalue weighted by molar-refractivity contribution is 6.80. The molecule has 0 aliphatic carbocycles. The van der Waals surface area contributed by atoms with Gasteiger partial charge in [-0.3, -0.25) is 4.57 Å². The summed E-state index contributed by atoms with van der Waals surface area (Å²) in [4.78, 5) is 15.1. The standard InChI is InChI=1S/C45H31BN6/c1-2-14-31(28-39-36-22-13-21-35-33-19-9-11-23-38(33)50-46(51-39)42(35)36)32-25-26-41-37(27-32)34-20-10-12-24-40(34)52(41)45-48-43(29-15-5-3-6-16-29)47-44(49-45)30-17-7-4-8-18-30/h2-28,50-51H,1H2/b31-14+,39-28-. The topological polar surface area (TPSA) is 67.7 Å². The lowest BCUT2D eigenvalue weighted by atomic mass is 9.63. The molecule has 2 aliphatic rings. The normalized spacial score (nSPS) is 13.9. The molecule has 0 bridgehead atoms. The zero-order valence-corrected chi connectivity index (χ0v) is 28.2. The van der Waals surface area contributed by atoms with Crippen molar-refractivity contribution in [2.24, 2.45) is 0 Å². The summed E-state index contributed by atoms with van der Waals surface area (Å²) in [7, 11) is 0. The number of rotatable bonds is 6. The van der Waals surface area contributed by atoms with Gasteiger partial charge in [0.25, 0.3) is 0 Å². The molecule has 52 heavy (non-hydrogen) atoms. The minimum absolute atomic E-state index is 0.000275. The van der Waals surface area contributed by atoms with Crippen molar-refractivity contribution in [3.8, 4) is 39.9 Å². The predicted octanol–water partition coefficient (Wildman–Crippen LogP) is 9.30. The minimum atomic E-state index is -0.000275. The fourth-order valence-electron chi connectivity index (χ4n) is 7.65. The summed E-state index contributed by atoms with van der Waals surface area (Å²) in [5.74, 6) is 1.83. The highest BCUT2D eigenvalue weighted by Crippen LogP contribution is 2.37. The molecule has 6 nitrogen and oxygen atoms in total. The van der Waals surface area contributed by atoms with E-state index in [1.807, 2.05) is 66.7 Å². The van der Waals surface area contributed by atoms with Crippen LogP contribution < -0.4 is 15.9 Å². The molecule has 10 rings (SSSR count). The minimum Gasteiger partial charge on any atom is -0.405 e. The quantitative estimate of drug-likeness (QED) is 0.137. The molecule has 0 unspecified atom stereocenters. The number of hydrogen-bond acceptors (Lipinski definition) is 5. The number of anilines is 1. The van der Waals surface area contributed by atoms with Gasteiger partial charge in [-0.05, 0) is 58.1 Å². The fourth-order valence-corrected chi connectivity index (χ4v) is 7.65. The molecule has 2 aromatic heterocycles. The summed E-state index contributed by atoms with van der Waals surface area (Å²) in [5, 5.41) is 9.72. The molecule has 0 fully saturated rings. The van der Waals surface area contributed by atoms with Crippen LogP contribution in [0, 0.1) is 0 Å². The molecule has 0 saturated heterocycles. The number of para-hydroxylation sites is 2. The maximum absolute atomic E-state index is 5.08. The van der Waals surface area contributed by atoms with Crippen molar-refractivity contribution in [1.29, 1.82) is 0 Å². The van der Waals surface area contributed by atoms with Crippen LogP contribution in [0.25, 0.3) is 72.9 Å². The molecule has 0 spiro atoms. The van der Waals surface area contributed by atoms with E-state index in [9.17, 15) is 0 Å². The van der Waals surface area contributed by atoms with Crippen LogP contribution in [0.1, 0.15) is 11.1 Å². The van der Waals surface area contributed by atoms with E-state index in [1.165, 1.54) is 22.2 Å². The molecule has 8 aromatic rings. The van der Waals surface area contributed by atoms with Gasteiger partial charge in [-0.1, -0.05) is 140 Å². The average molecular weight is 667 g/mol. The molecule has 2 aliphatic heterocycles. The summed E-state index contributed by atoms with van der Waals surface area (Å²) in [6, 6.07) is 50.4. The first kappa shape index (κ1) is 29.9. The second kappa shape index (κ2) is 12.1. The lowest BCUT2D eigenvalue weighted by Gasteiger charge is -2.23. The number of aromatic nitrogens is 4. The monoisotopic (exact) mass is 666 g/mol. The first-order valence-corrected chi connectivity index (χ1v) is 17.4. The SMILES string of the molecule is C=C/C=C(\C=C1/NB2Nc3ccccc3-c3cccc1c32)c1ccc2c(c1)c1ccccc1n2-c1nc(-c2ccccc2)nc(-c2ccccc2)n1. The van der Waals surface area contributed by atoms with Crippen molar-refractivity contribution in [3.05, 3.63) is 182 Å². The molecule has 7 heteroatoms. The first-order valence-electron chi connectivity index (χ1n) is 17.4. The van der Waals surface area contributed by atoms with Gasteiger partial charge in [0.05, 0.1) is 11.0 Å². The molecule has 244 valence electrons. The number of hydrogen-bond donors (Lipinski definition) is 2. The third-order valence-electron chi connectivity index (χ3n) is 9.99. The van der Waals surface area contributed by atoms with Gasteiger partial charge in [0.15, 0.2) is 11.6 Å². The van der Waals surface area contributed by atoms with Crippen molar-refractivity contribution in [2.45, 2.75) is 0 Å². The Labute approximate surface area is 301 Å². The number of nitrogens with zero attached hydrogens (tertiary/aromatic N) is 4. The van der Waals surface area contributed by atoms with Gasteiger partial charge in [-0.25, -0.2) is 4.98 Å². The highest BCUT2D eigenvalue weighted by atomic mass is 15.2. The second-order valence-electron chi connectivity index (χ2n) is 13.0. The molecule has 0 radical (unpaired) electrons. The van der Waals surface area contributed by atoms with Gasteiger partial charge < -0.3 is 10.5 Å². The van der Waals surface area contributed by atoms with E-state index in [2.05, 4.69) is 119 Å². The zero-order chi connectivity index (χ0) is 34.6. The summed E-state index contributed by atoms with van der Waals surface area (Å²) in [6.45, 7) is 4.08. The lowest BCUT2D eigenvalue weighted by molar-refractivity contribution is 0.953. The van der Waals surface area contributed by atoms with Gasteiger partial charge in [0, 0.05) is 38.8 Å². The summed E-state index contributed by atoms with van der Waals surface area (Å²) in [5.41, 5.74) is 13.2. The van der Waals surface area contributed by atoms with Crippen LogP contribution in [0.4, 0.5) is 5.69 Å². The van der Waals surface area contributed by atoms with Crippen LogP contribution in [0.2, 0.25) is 0 Å². The largest absolute Gasteiger partial charge is 0.407 e. The molecule has 6 aromatic carbocycles. The molecular formula is C45H31BN6. The Bertz CT molecular complexity index is 2710. The Balaban J connectivity index is 1.12. The van der Waals surface area contributed by atoms with Crippen LogP contribution in [0.15, 0.2) is 170 Å². The molecule has 0 amide bonds. The van der Waals surface area contributed by atoms with Crippen molar-refractivity contribution in [2.75, 3.05) is 5.23 Å². The Morgan fingerprint density at radius 1 is 0.596 bits per heavy atom. The fraction of sp³-hybridized carbons (Fsp3) is 0. The third kappa shape index (κ3) is 4.86. The van der Waals surface area contributed by atoms with Crippen molar-refractivity contribution >= 4 is 51.2 Å². The molecule has 0 atom stereocenters. The second-order valence-corrected chi connectivity index (χ2v) is 13.0. The van der Waals surface area contributed by atoms with E-state index in [0.29, 0.717) is 17.6 Å². The van der Waals surface area contributed by atoms with Gasteiger partial charge in [-0.2, -0.15) is 9.97 Å². The Hall–Kier alpha value is -6.99. The van der Waals surface area contributed by atoms with E-state index in [1.54, 1.807) is 0 Å². The van der Waals surface area contributed by atoms with E-state index in [0.717, 1.165) is 55.5 Å². The summed E-state index contributed by atoms with van der Waals surface area (Å²) in [6.07, 6.45) is 6.18. The number of nitrogens with one attached hydrogen (secondary N) is 2. The molecular weight excluding hydrogens is 635 g/mol. The van der Waals surface area contributed by atoms with Crippen molar-refractivity contribution in [1.82, 2.24) is 24.7 Å². The summed E-state index contributed by atoms with van der Waals surface area (Å²) < 4.78 is 2.16. The molecule has 0 saturated carbocycles. The lowest BCUT2D eigenvalue weighted by Crippen LogP contribution is -2.48. The third-order valence-corrected chi connectivity index (χ3v) is 9.99. The van der Waals surface area contributed by atoms with Crippen LogP contribution in [-0.4, -0.2) is 26.5 Å². The van der Waals surface area contributed by atoms with Crippen molar-refractivity contribution < 1.29 is 0 Å². The highest BCUT2D eigenvalue weighted by Gasteiger charge is 2.37. The van der Waals surface area contributed by atoms with Crippen molar-refractivity contribution in [3.63, 3.8) is 0 Å². The maximum atomic E-state index is 5.08. The van der Waals surface area contributed by atoms with E-state index < -0.39 is 0 Å². The number of fused-ring (bicyclic) bond motifs is 5. The Morgan fingerprint density at radius 3 is 2.02 bits per heavy atom. The van der Waals surface area contributed by atoms with Crippen LogP contribution in [0.5, 0.6) is 0 Å². The van der Waals surface area contributed by atoms with Gasteiger partial charge in [0.2, 0.25) is 5.95 Å². The Morgan fingerprint density at radius 2 is 1.25 bits per heavy atom. The van der Waals surface area contributed by atoms with E-state index in [-0.39, 0.29) is 6.98 Å².